The van der Waals surface area contributed by atoms with Gasteiger partial charge in [0.15, 0.2) is 0 Å². The molecule has 0 spiro atoms. The molecule has 0 aromatic rings. The monoisotopic (exact) mass is 250 g/mol. The molecule has 16 heavy (non-hydrogen) atoms. The minimum Gasteiger partial charge on any atom is -0.314 e. The molecule has 0 rings (SSSR count). The highest BCUT2D eigenvalue weighted by Gasteiger charge is 2.13. The van der Waals surface area contributed by atoms with Crippen LogP contribution in [0.3, 0.4) is 0 Å². The highest BCUT2D eigenvalue weighted by molar-refractivity contribution is 7.88. The van der Waals surface area contributed by atoms with Gasteiger partial charge in [0, 0.05) is 19.1 Å². The fourth-order valence-electron chi connectivity index (χ4n) is 1.38. The first kappa shape index (κ1) is 15.9. The second-order valence-corrected chi connectivity index (χ2v) is 6.58. The average molecular weight is 250 g/mol. The topological polar surface area (TPSA) is 49.4 Å². The second-order valence-electron chi connectivity index (χ2n) is 4.60. The van der Waals surface area contributed by atoms with Crippen LogP contribution in [0.1, 0.15) is 34.1 Å². The van der Waals surface area contributed by atoms with Crippen molar-refractivity contribution in [1.29, 1.82) is 0 Å². The molecule has 0 aliphatic rings. The molecule has 0 aromatic heterocycles. The maximum atomic E-state index is 11.3. The van der Waals surface area contributed by atoms with E-state index in [2.05, 4.69) is 26.1 Å². The van der Waals surface area contributed by atoms with Gasteiger partial charge >= 0.3 is 0 Å². The van der Waals surface area contributed by atoms with E-state index in [0.29, 0.717) is 25.0 Å². The molecule has 1 unspecified atom stereocenters. The van der Waals surface area contributed by atoms with Gasteiger partial charge in [-0.3, -0.25) is 0 Å². The first-order chi connectivity index (χ1) is 7.29. The molecule has 0 aliphatic carbocycles. The van der Waals surface area contributed by atoms with Crippen molar-refractivity contribution >= 4 is 10.0 Å². The largest absolute Gasteiger partial charge is 0.314 e. The predicted octanol–water partition coefficient (Wildman–Crippen LogP) is 1.29. The van der Waals surface area contributed by atoms with Gasteiger partial charge in [0.2, 0.25) is 10.0 Å². The number of hydrogen-bond acceptors (Lipinski definition) is 3. The van der Waals surface area contributed by atoms with Crippen molar-refractivity contribution in [1.82, 2.24) is 9.62 Å². The first-order valence-corrected chi connectivity index (χ1v) is 7.82. The molecular formula is C11H26N2O2S. The van der Waals surface area contributed by atoms with E-state index in [1.807, 2.05) is 6.92 Å². The Kier molecular flexibility index (Phi) is 7.19. The molecule has 1 atom stereocenters. The molecule has 0 saturated carbocycles. The molecule has 4 nitrogen and oxygen atoms in total. The Morgan fingerprint density at radius 3 is 2.19 bits per heavy atom. The van der Waals surface area contributed by atoms with Crippen LogP contribution in [0, 0.1) is 5.92 Å². The normalized spacial score (nSPS) is 14.7. The molecule has 0 heterocycles. The minimum atomic E-state index is -3.03. The fourth-order valence-corrected chi connectivity index (χ4v) is 2.31. The lowest BCUT2D eigenvalue weighted by molar-refractivity contribution is 0.389. The van der Waals surface area contributed by atoms with Crippen LogP contribution in [0.2, 0.25) is 0 Å². The van der Waals surface area contributed by atoms with Crippen molar-refractivity contribution in [3.05, 3.63) is 0 Å². The van der Waals surface area contributed by atoms with Crippen molar-refractivity contribution < 1.29 is 8.42 Å². The van der Waals surface area contributed by atoms with Crippen LogP contribution in [-0.2, 0) is 10.0 Å². The quantitative estimate of drug-likeness (QED) is 0.661. The Hall–Kier alpha value is -0.130. The van der Waals surface area contributed by atoms with Crippen molar-refractivity contribution in [2.45, 2.75) is 40.2 Å². The Morgan fingerprint density at radius 2 is 1.81 bits per heavy atom. The molecule has 0 aromatic carbocycles. The number of sulfonamides is 1. The van der Waals surface area contributed by atoms with Crippen LogP contribution in [-0.4, -0.2) is 44.7 Å². The maximum Gasteiger partial charge on any atom is 0.211 e. The van der Waals surface area contributed by atoms with Gasteiger partial charge in [0.05, 0.1) is 6.26 Å². The SMILES string of the molecule is CCN(CCCNC(C)C(C)C)S(C)(=O)=O. The van der Waals surface area contributed by atoms with Crippen LogP contribution in [0.4, 0.5) is 0 Å². The summed E-state index contributed by atoms with van der Waals surface area (Å²) < 4.78 is 24.1. The Bertz CT molecular complexity index is 276. The first-order valence-electron chi connectivity index (χ1n) is 5.97. The lowest BCUT2D eigenvalue weighted by Crippen LogP contribution is -2.35. The molecule has 98 valence electrons. The molecule has 0 radical (unpaired) electrons. The molecular weight excluding hydrogens is 224 g/mol. The summed E-state index contributed by atoms with van der Waals surface area (Å²) in [5, 5.41) is 3.39. The van der Waals surface area contributed by atoms with Crippen molar-refractivity contribution in [2.24, 2.45) is 5.92 Å². The van der Waals surface area contributed by atoms with Gasteiger partial charge < -0.3 is 5.32 Å². The molecule has 0 aliphatic heterocycles. The third-order valence-electron chi connectivity index (χ3n) is 2.87. The van der Waals surface area contributed by atoms with Crippen LogP contribution < -0.4 is 5.32 Å². The van der Waals surface area contributed by atoms with Crippen LogP contribution in [0.15, 0.2) is 0 Å². The lowest BCUT2D eigenvalue weighted by atomic mass is 10.1. The Morgan fingerprint density at radius 1 is 1.25 bits per heavy atom. The van der Waals surface area contributed by atoms with Crippen LogP contribution in [0.25, 0.3) is 0 Å². The molecule has 0 saturated heterocycles. The minimum absolute atomic E-state index is 0.480. The summed E-state index contributed by atoms with van der Waals surface area (Å²) in [6, 6.07) is 0.480. The van der Waals surface area contributed by atoms with Crippen molar-refractivity contribution in [3.8, 4) is 0 Å². The van der Waals surface area contributed by atoms with Crippen molar-refractivity contribution in [3.63, 3.8) is 0 Å². The van der Waals surface area contributed by atoms with Gasteiger partial charge in [-0.25, -0.2) is 12.7 Å². The van der Waals surface area contributed by atoms with E-state index in [1.165, 1.54) is 10.6 Å². The van der Waals surface area contributed by atoms with Gasteiger partial charge in [-0.05, 0) is 25.8 Å². The maximum absolute atomic E-state index is 11.3. The number of nitrogens with zero attached hydrogens (tertiary/aromatic N) is 1. The zero-order valence-electron chi connectivity index (χ0n) is 11.2. The van der Waals surface area contributed by atoms with Crippen LogP contribution in [0.5, 0.6) is 0 Å². The third kappa shape index (κ3) is 6.45. The summed E-state index contributed by atoms with van der Waals surface area (Å²) in [5.41, 5.74) is 0. The molecule has 1 N–H and O–H groups in total. The third-order valence-corrected chi connectivity index (χ3v) is 4.25. The van der Waals surface area contributed by atoms with E-state index < -0.39 is 10.0 Å². The summed E-state index contributed by atoms with van der Waals surface area (Å²) in [6.07, 6.45) is 2.12. The van der Waals surface area contributed by atoms with Crippen LogP contribution >= 0.6 is 0 Å². The van der Waals surface area contributed by atoms with E-state index >= 15 is 0 Å². The zero-order chi connectivity index (χ0) is 12.8. The standard InChI is InChI=1S/C11H26N2O2S/c1-6-13(16(5,14)15)9-7-8-12-11(4)10(2)3/h10-12H,6-9H2,1-5H3. The van der Waals surface area contributed by atoms with Crippen molar-refractivity contribution in [2.75, 3.05) is 25.9 Å². The van der Waals surface area contributed by atoms with E-state index in [9.17, 15) is 8.42 Å². The molecule has 0 fully saturated rings. The summed E-state index contributed by atoms with van der Waals surface area (Å²) in [7, 11) is -3.03. The average Bonchev–Trinajstić information content (AvgIpc) is 2.15. The van der Waals surface area contributed by atoms with Gasteiger partial charge in [-0.15, -0.1) is 0 Å². The Balaban J connectivity index is 3.81. The van der Waals surface area contributed by atoms with Gasteiger partial charge in [0.25, 0.3) is 0 Å². The molecule has 5 heteroatoms. The zero-order valence-corrected chi connectivity index (χ0v) is 12.0. The highest BCUT2D eigenvalue weighted by atomic mass is 32.2. The predicted molar refractivity (Wildman–Crippen MR) is 69.0 cm³/mol. The fraction of sp³-hybridized carbons (Fsp3) is 1.00. The lowest BCUT2D eigenvalue weighted by Gasteiger charge is -2.20. The number of hydrogen-bond donors (Lipinski definition) is 1. The van der Waals surface area contributed by atoms with E-state index in [-0.39, 0.29) is 0 Å². The number of nitrogens with one attached hydrogen (secondary N) is 1. The highest BCUT2D eigenvalue weighted by Crippen LogP contribution is 2.01. The molecule has 0 bridgehead atoms. The van der Waals surface area contributed by atoms with E-state index in [1.54, 1.807) is 0 Å². The van der Waals surface area contributed by atoms with Gasteiger partial charge in [0.1, 0.15) is 0 Å². The van der Waals surface area contributed by atoms with Gasteiger partial charge in [-0.2, -0.15) is 0 Å². The summed E-state index contributed by atoms with van der Waals surface area (Å²) in [6.45, 7) is 10.4. The van der Waals surface area contributed by atoms with Gasteiger partial charge in [-0.1, -0.05) is 20.8 Å². The number of rotatable bonds is 8. The smallest absolute Gasteiger partial charge is 0.211 e. The summed E-state index contributed by atoms with van der Waals surface area (Å²) >= 11 is 0. The summed E-state index contributed by atoms with van der Waals surface area (Å²) in [5.74, 6) is 0.609. The summed E-state index contributed by atoms with van der Waals surface area (Å²) in [4.78, 5) is 0. The Labute approximate surface area is 100 Å². The second kappa shape index (κ2) is 7.25. The van der Waals surface area contributed by atoms with E-state index in [0.717, 1.165) is 13.0 Å². The van der Waals surface area contributed by atoms with E-state index in [4.69, 9.17) is 0 Å². The molecule has 0 amide bonds.